The van der Waals surface area contributed by atoms with Gasteiger partial charge < -0.3 is 20.7 Å². The van der Waals surface area contributed by atoms with Crippen LogP contribution < -0.4 is 16.0 Å². The molecule has 6 nitrogen and oxygen atoms in total. The third-order valence-electron chi connectivity index (χ3n) is 3.08. The maximum absolute atomic E-state index is 5.76. The number of nitrogen functional groups attached to an aromatic ring is 1. The van der Waals surface area contributed by atoms with Gasteiger partial charge in [-0.05, 0) is 18.8 Å². The SMILES string of the molecule is C/C=C\C(C/C=C/Sc1nc(N)nc2c1NCN2C)OC. The molecule has 0 fully saturated rings. The first-order chi connectivity index (χ1) is 10.2. The first-order valence-electron chi connectivity index (χ1n) is 6.75. The van der Waals surface area contributed by atoms with Crippen LogP contribution in [0.5, 0.6) is 0 Å². The van der Waals surface area contributed by atoms with Gasteiger partial charge in [0.25, 0.3) is 0 Å². The molecule has 0 bridgehead atoms. The summed E-state index contributed by atoms with van der Waals surface area (Å²) in [6, 6.07) is 0. The number of hydrogen-bond acceptors (Lipinski definition) is 7. The Kier molecular flexibility index (Phi) is 5.46. The van der Waals surface area contributed by atoms with Crippen LogP contribution in [0.15, 0.2) is 28.7 Å². The molecule has 1 aliphatic rings. The Morgan fingerprint density at radius 1 is 1.52 bits per heavy atom. The van der Waals surface area contributed by atoms with Gasteiger partial charge in [0.15, 0.2) is 5.82 Å². The zero-order valence-electron chi connectivity index (χ0n) is 12.5. The largest absolute Gasteiger partial charge is 0.377 e. The van der Waals surface area contributed by atoms with Gasteiger partial charge in [-0.1, -0.05) is 30.0 Å². The molecule has 1 atom stereocenters. The van der Waals surface area contributed by atoms with Crippen LogP contribution in [0.2, 0.25) is 0 Å². The standard InChI is InChI=1S/C14H21N5OS/c1-4-6-10(20-3)7-5-8-21-13-11-12(17-14(15)18-13)19(2)9-16-11/h4-6,8,10,16H,7,9H2,1-3H3,(H2,15,17,18)/b6-4-,8-5+. The van der Waals surface area contributed by atoms with Crippen molar-refractivity contribution in [1.82, 2.24) is 9.97 Å². The second-order valence-electron chi connectivity index (χ2n) is 4.64. The van der Waals surface area contributed by atoms with E-state index in [2.05, 4.69) is 21.4 Å². The van der Waals surface area contributed by atoms with Crippen LogP contribution >= 0.6 is 11.8 Å². The summed E-state index contributed by atoms with van der Waals surface area (Å²) in [6.45, 7) is 2.71. The van der Waals surface area contributed by atoms with Crippen LogP contribution in [0.3, 0.4) is 0 Å². The highest BCUT2D eigenvalue weighted by atomic mass is 32.2. The summed E-state index contributed by atoms with van der Waals surface area (Å²) in [7, 11) is 3.68. The lowest BCUT2D eigenvalue weighted by atomic mass is 10.2. The third-order valence-corrected chi connectivity index (χ3v) is 3.93. The number of anilines is 3. The van der Waals surface area contributed by atoms with E-state index in [1.54, 1.807) is 7.11 Å². The Bertz CT molecular complexity index is 546. The van der Waals surface area contributed by atoms with Gasteiger partial charge in [-0.3, -0.25) is 0 Å². The number of allylic oxidation sites excluding steroid dienone is 1. The fraction of sp³-hybridized carbons (Fsp3) is 0.429. The fourth-order valence-electron chi connectivity index (χ4n) is 2.00. The van der Waals surface area contributed by atoms with E-state index in [1.165, 1.54) is 11.8 Å². The predicted octanol–water partition coefficient (Wildman–Crippen LogP) is 2.47. The number of fused-ring (bicyclic) bond motifs is 1. The molecular weight excluding hydrogens is 286 g/mol. The molecule has 1 aromatic heterocycles. The van der Waals surface area contributed by atoms with Crippen molar-refractivity contribution in [2.24, 2.45) is 0 Å². The molecule has 0 saturated carbocycles. The van der Waals surface area contributed by atoms with Crippen molar-refractivity contribution < 1.29 is 4.74 Å². The summed E-state index contributed by atoms with van der Waals surface area (Å²) >= 11 is 1.53. The molecule has 0 amide bonds. The Morgan fingerprint density at radius 3 is 3.05 bits per heavy atom. The number of nitrogens with one attached hydrogen (secondary N) is 1. The number of hydrogen-bond donors (Lipinski definition) is 2. The number of aromatic nitrogens is 2. The van der Waals surface area contributed by atoms with E-state index in [1.807, 2.05) is 36.4 Å². The zero-order valence-corrected chi connectivity index (χ0v) is 13.4. The van der Waals surface area contributed by atoms with Crippen molar-refractivity contribution in [3.8, 4) is 0 Å². The van der Waals surface area contributed by atoms with E-state index >= 15 is 0 Å². The Hall–Kier alpha value is -1.73. The van der Waals surface area contributed by atoms with Gasteiger partial charge in [0.2, 0.25) is 5.95 Å². The van der Waals surface area contributed by atoms with Gasteiger partial charge in [-0.2, -0.15) is 4.98 Å². The fourth-order valence-corrected chi connectivity index (χ4v) is 2.77. The second-order valence-corrected chi connectivity index (χ2v) is 5.54. The van der Waals surface area contributed by atoms with Gasteiger partial charge in [0.05, 0.1) is 12.8 Å². The van der Waals surface area contributed by atoms with Crippen LogP contribution in [0.4, 0.5) is 17.5 Å². The first kappa shape index (κ1) is 15.7. The molecule has 7 heteroatoms. The molecule has 3 N–H and O–H groups in total. The van der Waals surface area contributed by atoms with E-state index in [0.29, 0.717) is 5.95 Å². The van der Waals surface area contributed by atoms with E-state index in [0.717, 1.165) is 29.6 Å². The molecule has 1 aliphatic heterocycles. The minimum atomic E-state index is 0.109. The monoisotopic (exact) mass is 307 g/mol. The number of ether oxygens (including phenoxy) is 1. The van der Waals surface area contributed by atoms with E-state index in [9.17, 15) is 0 Å². The van der Waals surface area contributed by atoms with Crippen LogP contribution in [-0.2, 0) is 4.74 Å². The van der Waals surface area contributed by atoms with Gasteiger partial charge in [0.1, 0.15) is 10.7 Å². The summed E-state index contributed by atoms with van der Waals surface area (Å²) < 4.78 is 5.34. The molecular formula is C14H21N5OS. The average molecular weight is 307 g/mol. The lowest BCUT2D eigenvalue weighted by molar-refractivity contribution is 0.143. The summed E-state index contributed by atoms with van der Waals surface area (Å²) in [5.74, 6) is 1.14. The highest BCUT2D eigenvalue weighted by Gasteiger charge is 2.21. The van der Waals surface area contributed by atoms with E-state index < -0.39 is 0 Å². The zero-order chi connectivity index (χ0) is 15.2. The van der Waals surface area contributed by atoms with Crippen LogP contribution in [0, 0.1) is 0 Å². The molecule has 21 heavy (non-hydrogen) atoms. The molecule has 1 unspecified atom stereocenters. The predicted molar refractivity (Wildman–Crippen MR) is 88.6 cm³/mol. The molecule has 0 radical (unpaired) electrons. The lowest BCUT2D eigenvalue weighted by Crippen LogP contribution is -2.16. The minimum absolute atomic E-state index is 0.109. The van der Waals surface area contributed by atoms with Gasteiger partial charge in [-0.15, -0.1) is 0 Å². The van der Waals surface area contributed by atoms with E-state index in [-0.39, 0.29) is 6.10 Å². The van der Waals surface area contributed by atoms with Gasteiger partial charge >= 0.3 is 0 Å². The maximum Gasteiger partial charge on any atom is 0.223 e. The first-order valence-corrected chi connectivity index (χ1v) is 7.63. The molecule has 2 rings (SSSR count). The number of methoxy groups -OCH3 is 1. The molecule has 0 aromatic carbocycles. The maximum atomic E-state index is 5.76. The molecule has 1 aromatic rings. The number of thioether (sulfide) groups is 1. The smallest absolute Gasteiger partial charge is 0.223 e. The van der Waals surface area contributed by atoms with Crippen molar-refractivity contribution in [2.75, 3.05) is 36.8 Å². The molecule has 114 valence electrons. The summed E-state index contributed by atoms with van der Waals surface area (Å²) in [5, 5.41) is 6.14. The number of rotatable bonds is 6. The summed E-state index contributed by atoms with van der Waals surface area (Å²) in [5.41, 5.74) is 6.71. The minimum Gasteiger partial charge on any atom is -0.377 e. The van der Waals surface area contributed by atoms with E-state index in [4.69, 9.17) is 10.5 Å². The van der Waals surface area contributed by atoms with Crippen molar-refractivity contribution in [1.29, 1.82) is 0 Å². The van der Waals surface area contributed by atoms with Crippen molar-refractivity contribution in [3.63, 3.8) is 0 Å². The Balaban J connectivity index is 2.02. The summed E-state index contributed by atoms with van der Waals surface area (Å²) in [6.07, 6.45) is 7.03. The molecule has 2 heterocycles. The van der Waals surface area contributed by atoms with Gasteiger partial charge in [-0.25, -0.2) is 4.98 Å². The Labute approximate surface area is 129 Å². The van der Waals surface area contributed by atoms with Crippen LogP contribution in [0.25, 0.3) is 0 Å². The highest BCUT2D eigenvalue weighted by molar-refractivity contribution is 8.02. The van der Waals surface area contributed by atoms with Crippen LogP contribution in [-0.4, -0.2) is 36.9 Å². The quantitative estimate of drug-likeness (QED) is 0.475. The number of nitrogens with two attached hydrogens (primary N) is 1. The normalized spacial score (nSPS) is 15.7. The van der Waals surface area contributed by atoms with Crippen molar-refractivity contribution in [2.45, 2.75) is 24.5 Å². The van der Waals surface area contributed by atoms with Crippen molar-refractivity contribution in [3.05, 3.63) is 23.6 Å². The molecule has 0 saturated heterocycles. The Morgan fingerprint density at radius 2 is 2.33 bits per heavy atom. The summed E-state index contributed by atoms with van der Waals surface area (Å²) in [4.78, 5) is 10.6. The highest BCUT2D eigenvalue weighted by Crippen LogP contribution is 2.37. The lowest BCUT2D eigenvalue weighted by Gasteiger charge is -2.09. The van der Waals surface area contributed by atoms with Gasteiger partial charge in [0, 0.05) is 14.2 Å². The number of nitrogens with zero attached hydrogens (tertiary/aromatic N) is 3. The third kappa shape index (κ3) is 3.89. The molecule has 0 spiro atoms. The second kappa shape index (κ2) is 7.33. The topological polar surface area (TPSA) is 76.3 Å². The molecule has 0 aliphatic carbocycles. The van der Waals surface area contributed by atoms with Crippen LogP contribution in [0.1, 0.15) is 13.3 Å². The average Bonchev–Trinajstić information content (AvgIpc) is 2.83. The van der Waals surface area contributed by atoms with Crippen molar-refractivity contribution >= 4 is 29.2 Å².